The molecule has 0 amide bonds. The molecule has 9 heteroatoms. The predicted molar refractivity (Wildman–Crippen MR) is 83.4 cm³/mol. The van der Waals surface area contributed by atoms with Gasteiger partial charge in [0.25, 0.3) is 0 Å². The van der Waals surface area contributed by atoms with Gasteiger partial charge in [0.05, 0.1) is 18.5 Å². The number of carbonyl (C=O) groups is 1. The fraction of sp³-hybridized carbons (Fsp3) is 0.231. The number of nitrogens with two attached hydrogens (primary N) is 1. The van der Waals surface area contributed by atoms with Gasteiger partial charge in [-0.15, -0.1) is 0 Å². The van der Waals surface area contributed by atoms with Gasteiger partial charge in [0.2, 0.25) is 0 Å². The van der Waals surface area contributed by atoms with Crippen molar-refractivity contribution in [2.24, 2.45) is 0 Å². The molecule has 2 rings (SSSR count). The molecule has 116 valence electrons. The minimum atomic E-state index is -0.833. The molecule has 0 aliphatic heterocycles. The summed E-state index contributed by atoms with van der Waals surface area (Å²) >= 11 is 1.35. The van der Waals surface area contributed by atoms with Crippen molar-refractivity contribution in [3.05, 3.63) is 24.5 Å². The lowest BCUT2D eigenvalue weighted by atomic mass is 10.4. The Bertz CT molecular complexity index is 668. The van der Waals surface area contributed by atoms with Crippen LogP contribution in [0.15, 0.2) is 29.7 Å². The Labute approximate surface area is 131 Å². The first kappa shape index (κ1) is 15.8. The van der Waals surface area contributed by atoms with Crippen LogP contribution in [0.2, 0.25) is 0 Å². The molecule has 0 saturated carbocycles. The van der Waals surface area contributed by atoms with E-state index in [0.717, 1.165) is 0 Å². The van der Waals surface area contributed by atoms with Gasteiger partial charge in [-0.05, 0) is 25.3 Å². The van der Waals surface area contributed by atoms with Gasteiger partial charge in [-0.1, -0.05) is 11.8 Å². The van der Waals surface area contributed by atoms with E-state index in [4.69, 9.17) is 15.2 Å². The second-order valence-electron chi connectivity index (χ2n) is 3.92. The topological polar surface area (TPSA) is 112 Å². The quantitative estimate of drug-likeness (QED) is 0.487. The summed E-state index contributed by atoms with van der Waals surface area (Å²) in [6, 6.07) is 3.40. The van der Waals surface area contributed by atoms with E-state index in [9.17, 15) is 4.79 Å². The highest BCUT2D eigenvalue weighted by atomic mass is 32.2. The normalized spacial score (nSPS) is 10.1. The Hall–Kier alpha value is -2.55. The van der Waals surface area contributed by atoms with Gasteiger partial charge in [0, 0.05) is 6.20 Å². The summed E-state index contributed by atoms with van der Waals surface area (Å²) in [6.45, 7) is 1.89. The number of rotatable bonds is 5. The average molecular weight is 321 g/mol. The van der Waals surface area contributed by atoms with Crippen LogP contribution < -0.4 is 15.8 Å². The second kappa shape index (κ2) is 7.46. The summed E-state index contributed by atoms with van der Waals surface area (Å²) in [6.07, 6.45) is 3.97. The number of pyridine rings is 1. The fourth-order valence-corrected chi connectivity index (χ4v) is 1.83. The van der Waals surface area contributed by atoms with Crippen LogP contribution in [0.3, 0.4) is 0 Å². The first-order chi connectivity index (χ1) is 10.6. The standard InChI is InChI=1S/C13H15N5O3S/c1-3-20-13(19)21-9-7-16-12(22-2)18-11(9)17-10-8(14)5-4-6-15-10/h4-7H,3,14H2,1-2H3,(H,15,16,17,18). The zero-order valence-corrected chi connectivity index (χ0v) is 12.9. The minimum absolute atomic E-state index is 0.126. The Kier molecular flexibility index (Phi) is 5.37. The molecule has 3 N–H and O–H groups in total. The number of anilines is 3. The monoisotopic (exact) mass is 321 g/mol. The first-order valence-corrected chi connectivity index (χ1v) is 7.59. The van der Waals surface area contributed by atoms with Gasteiger partial charge >= 0.3 is 6.16 Å². The van der Waals surface area contributed by atoms with Crippen molar-refractivity contribution < 1.29 is 14.3 Å². The second-order valence-corrected chi connectivity index (χ2v) is 4.69. The highest BCUT2D eigenvalue weighted by Crippen LogP contribution is 2.28. The van der Waals surface area contributed by atoms with E-state index in [1.807, 2.05) is 6.26 Å². The molecule has 0 saturated heterocycles. The van der Waals surface area contributed by atoms with Gasteiger partial charge in [-0.2, -0.15) is 0 Å². The van der Waals surface area contributed by atoms with E-state index in [-0.39, 0.29) is 18.2 Å². The Morgan fingerprint density at radius 1 is 1.41 bits per heavy atom. The maximum Gasteiger partial charge on any atom is 0.514 e. The summed E-state index contributed by atoms with van der Waals surface area (Å²) in [5.74, 6) is 0.807. The van der Waals surface area contributed by atoms with E-state index in [1.54, 1.807) is 25.3 Å². The van der Waals surface area contributed by atoms with Crippen LogP contribution in [-0.4, -0.2) is 34.0 Å². The molecule has 0 bridgehead atoms. The minimum Gasteiger partial charge on any atom is -0.434 e. The molecule has 0 aliphatic rings. The number of nitrogens with zero attached hydrogens (tertiary/aromatic N) is 3. The van der Waals surface area contributed by atoms with Crippen LogP contribution in [0.5, 0.6) is 5.75 Å². The van der Waals surface area contributed by atoms with Crippen LogP contribution in [-0.2, 0) is 4.74 Å². The summed E-state index contributed by atoms with van der Waals surface area (Å²) in [5.41, 5.74) is 6.27. The Morgan fingerprint density at radius 3 is 2.91 bits per heavy atom. The summed E-state index contributed by atoms with van der Waals surface area (Å²) in [4.78, 5) is 23.9. The molecule has 0 aromatic carbocycles. The third kappa shape index (κ3) is 3.98. The molecule has 22 heavy (non-hydrogen) atoms. The maximum atomic E-state index is 11.5. The molecule has 2 aromatic heterocycles. The zero-order chi connectivity index (χ0) is 15.9. The summed E-state index contributed by atoms with van der Waals surface area (Å²) in [7, 11) is 0. The molecule has 0 fully saturated rings. The predicted octanol–water partition coefficient (Wildman–Crippen LogP) is 2.45. The number of hydrogen-bond acceptors (Lipinski definition) is 9. The van der Waals surface area contributed by atoms with Crippen LogP contribution in [0, 0.1) is 0 Å². The number of carbonyl (C=O) groups excluding carboxylic acids is 1. The van der Waals surface area contributed by atoms with E-state index < -0.39 is 6.16 Å². The van der Waals surface area contributed by atoms with Crippen molar-refractivity contribution in [2.45, 2.75) is 12.1 Å². The van der Waals surface area contributed by atoms with Crippen LogP contribution in [0.25, 0.3) is 0 Å². The number of hydrogen-bond donors (Lipinski definition) is 2. The van der Waals surface area contributed by atoms with E-state index in [1.165, 1.54) is 18.0 Å². The van der Waals surface area contributed by atoms with E-state index in [0.29, 0.717) is 16.7 Å². The number of thioether (sulfide) groups is 1. The van der Waals surface area contributed by atoms with Gasteiger partial charge in [-0.3, -0.25) is 0 Å². The molecular formula is C13H15N5O3S. The number of aromatic nitrogens is 3. The maximum absolute atomic E-state index is 11.5. The highest BCUT2D eigenvalue weighted by Gasteiger charge is 2.15. The van der Waals surface area contributed by atoms with Crippen LogP contribution >= 0.6 is 11.8 Å². The molecule has 0 spiro atoms. The summed E-state index contributed by atoms with van der Waals surface area (Å²) < 4.78 is 9.81. The van der Waals surface area contributed by atoms with Crippen molar-refractivity contribution in [3.8, 4) is 5.75 Å². The lowest BCUT2D eigenvalue weighted by Gasteiger charge is -2.12. The number of nitrogens with one attached hydrogen (secondary N) is 1. The smallest absolute Gasteiger partial charge is 0.434 e. The third-order valence-electron chi connectivity index (χ3n) is 2.45. The van der Waals surface area contributed by atoms with Crippen LogP contribution in [0.4, 0.5) is 22.1 Å². The number of nitrogen functional groups attached to an aromatic ring is 1. The fourth-order valence-electron chi connectivity index (χ4n) is 1.49. The molecular weight excluding hydrogens is 306 g/mol. The van der Waals surface area contributed by atoms with Gasteiger partial charge in [0.1, 0.15) is 0 Å². The van der Waals surface area contributed by atoms with Crippen molar-refractivity contribution in [1.29, 1.82) is 0 Å². The largest absolute Gasteiger partial charge is 0.514 e. The Morgan fingerprint density at radius 2 is 2.23 bits per heavy atom. The van der Waals surface area contributed by atoms with Crippen molar-refractivity contribution in [1.82, 2.24) is 15.0 Å². The molecule has 0 unspecified atom stereocenters. The van der Waals surface area contributed by atoms with Crippen molar-refractivity contribution in [3.63, 3.8) is 0 Å². The molecule has 0 atom stereocenters. The SMILES string of the molecule is CCOC(=O)Oc1cnc(SC)nc1Nc1ncccc1N. The average Bonchev–Trinajstić information content (AvgIpc) is 2.51. The lowest BCUT2D eigenvalue weighted by molar-refractivity contribution is 0.104. The summed E-state index contributed by atoms with van der Waals surface area (Å²) in [5, 5.41) is 3.44. The zero-order valence-electron chi connectivity index (χ0n) is 12.1. The lowest BCUT2D eigenvalue weighted by Crippen LogP contribution is -2.12. The Balaban J connectivity index is 2.30. The van der Waals surface area contributed by atoms with Gasteiger partial charge in [-0.25, -0.2) is 19.7 Å². The number of ether oxygens (including phenoxy) is 2. The molecule has 2 heterocycles. The van der Waals surface area contributed by atoms with Crippen LogP contribution in [0.1, 0.15) is 6.92 Å². The first-order valence-electron chi connectivity index (χ1n) is 6.37. The molecule has 0 aliphatic carbocycles. The molecule has 0 radical (unpaired) electrons. The van der Waals surface area contributed by atoms with Gasteiger partial charge in [0.15, 0.2) is 22.5 Å². The molecule has 2 aromatic rings. The third-order valence-corrected chi connectivity index (χ3v) is 3.01. The van der Waals surface area contributed by atoms with E-state index in [2.05, 4.69) is 20.3 Å². The molecule has 8 nitrogen and oxygen atoms in total. The van der Waals surface area contributed by atoms with Gasteiger partial charge < -0.3 is 20.5 Å². The van der Waals surface area contributed by atoms with Crippen molar-refractivity contribution in [2.75, 3.05) is 23.9 Å². The van der Waals surface area contributed by atoms with E-state index >= 15 is 0 Å². The van der Waals surface area contributed by atoms with Crippen molar-refractivity contribution >= 4 is 35.2 Å². The highest BCUT2D eigenvalue weighted by molar-refractivity contribution is 7.98.